The molecule has 2 rings (SSSR count). The molecule has 0 bridgehead atoms. The molecule has 7 nitrogen and oxygen atoms in total. The lowest BCUT2D eigenvalue weighted by molar-refractivity contribution is -0.136. The lowest BCUT2D eigenvalue weighted by Crippen LogP contribution is -2.33. The zero-order chi connectivity index (χ0) is 20.5. The molecule has 2 aromatic rings. The predicted octanol–water partition coefficient (Wildman–Crippen LogP) is 3.02. The summed E-state index contributed by atoms with van der Waals surface area (Å²) < 4.78 is 0. The van der Waals surface area contributed by atoms with Crippen LogP contribution in [0.15, 0.2) is 53.6 Å². The largest absolute Gasteiger partial charge is 0.329 e. The standard InChI is InChI=1S/C21H24N4O3/c1-4-16-7-11-18(12-8-16)23-20(27)21(28)25-24-15(3)13-19(26)22-17-9-5-14(2)6-10-17/h5-12H,4,13H2,1-3H3,(H,22,26)(H,23,27)(H,25,28). The molecule has 7 heteroatoms. The summed E-state index contributed by atoms with van der Waals surface area (Å²) in [6, 6.07) is 14.6. The smallest absolute Gasteiger partial charge is 0.326 e. The highest BCUT2D eigenvalue weighted by molar-refractivity contribution is 6.39. The van der Waals surface area contributed by atoms with Gasteiger partial charge in [0, 0.05) is 17.1 Å². The fourth-order valence-corrected chi connectivity index (χ4v) is 2.32. The van der Waals surface area contributed by atoms with Crippen molar-refractivity contribution in [3.05, 3.63) is 59.7 Å². The van der Waals surface area contributed by atoms with E-state index in [1.54, 1.807) is 31.2 Å². The molecule has 3 amide bonds. The number of nitrogens with zero attached hydrogens (tertiary/aromatic N) is 1. The minimum Gasteiger partial charge on any atom is -0.326 e. The van der Waals surface area contributed by atoms with E-state index in [4.69, 9.17) is 0 Å². The van der Waals surface area contributed by atoms with Crippen LogP contribution in [0.25, 0.3) is 0 Å². The maximum Gasteiger partial charge on any atom is 0.329 e. The number of nitrogens with one attached hydrogen (secondary N) is 3. The molecule has 0 spiro atoms. The number of hydrogen-bond donors (Lipinski definition) is 3. The Bertz CT molecular complexity index is 872. The summed E-state index contributed by atoms with van der Waals surface area (Å²) in [7, 11) is 0. The van der Waals surface area contributed by atoms with Gasteiger partial charge in [0.25, 0.3) is 0 Å². The van der Waals surface area contributed by atoms with Crippen molar-refractivity contribution in [2.75, 3.05) is 10.6 Å². The fourth-order valence-electron chi connectivity index (χ4n) is 2.32. The topological polar surface area (TPSA) is 99.7 Å². The van der Waals surface area contributed by atoms with Crippen LogP contribution in [0, 0.1) is 6.92 Å². The number of benzene rings is 2. The third kappa shape index (κ3) is 6.68. The maximum absolute atomic E-state index is 12.0. The van der Waals surface area contributed by atoms with Crippen molar-refractivity contribution in [3.8, 4) is 0 Å². The molecular weight excluding hydrogens is 356 g/mol. The van der Waals surface area contributed by atoms with E-state index in [0.717, 1.165) is 17.5 Å². The number of amides is 3. The Morgan fingerprint density at radius 3 is 2.04 bits per heavy atom. The average Bonchev–Trinajstić information content (AvgIpc) is 2.68. The molecule has 28 heavy (non-hydrogen) atoms. The van der Waals surface area contributed by atoms with E-state index in [1.807, 2.05) is 38.1 Å². The summed E-state index contributed by atoms with van der Waals surface area (Å²) in [5.41, 5.74) is 5.96. The molecule has 3 N–H and O–H groups in total. The molecule has 2 aromatic carbocycles. The summed E-state index contributed by atoms with van der Waals surface area (Å²) in [4.78, 5) is 35.7. The van der Waals surface area contributed by atoms with Gasteiger partial charge in [-0.15, -0.1) is 0 Å². The first-order valence-electron chi connectivity index (χ1n) is 8.97. The minimum atomic E-state index is -0.905. The number of carbonyl (C=O) groups is 3. The molecule has 0 saturated heterocycles. The maximum atomic E-state index is 12.0. The van der Waals surface area contributed by atoms with Crippen LogP contribution in [-0.4, -0.2) is 23.4 Å². The van der Waals surface area contributed by atoms with E-state index in [2.05, 4.69) is 21.2 Å². The van der Waals surface area contributed by atoms with E-state index in [1.165, 1.54) is 0 Å². The number of hydrazone groups is 1. The van der Waals surface area contributed by atoms with Gasteiger partial charge < -0.3 is 10.6 Å². The Labute approximate surface area is 164 Å². The molecular formula is C21H24N4O3. The van der Waals surface area contributed by atoms with Gasteiger partial charge in [-0.05, 0) is 50.1 Å². The molecule has 0 heterocycles. The van der Waals surface area contributed by atoms with E-state index in [-0.39, 0.29) is 12.3 Å². The van der Waals surface area contributed by atoms with Crippen molar-refractivity contribution in [1.82, 2.24) is 5.43 Å². The van der Waals surface area contributed by atoms with E-state index in [0.29, 0.717) is 17.1 Å². The Morgan fingerprint density at radius 1 is 0.857 bits per heavy atom. The van der Waals surface area contributed by atoms with E-state index < -0.39 is 11.8 Å². The fraction of sp³-hybridized carbons (Fsp3) is 0.238. The Hall–Kier alpha value is -3.48. The van der Waals surface area contributed by atoms with Crippen LogP contribution >= 0.6 is 0 Å². The normalized spacial score (nSPS) is 10.9. The van der Waals surface area contributed by atoms with Crippen LogP contribution in [0.3, 0.4) is 0 Å². The van der Waals surface area contributed by atoms with Crippen LogP contribution in [-0.2, 0) is 20.8 Å². The molecule has 0 atom stereocenters. The van der Waals surface area contributed by atoms with Crippen LogP contribution in [0.2, 0.25) is 0 Å². The average molecular weight is 380 g/mol. The van der Waals surface area contributed by atoms with Gasteiger partial charge in [-0.25, -0.2) is 5.43 Å². The summed E-state index contributed by atoms with van der Waals surface area (Å²) >= 11 is 0. The second-order valence-corrected chi connectivity index (χ2v) is 6.38. The summed E-state index contributed by atoms with van der Waals surface area (Å²) in [6.07, 6.45) is 0.883. The van der Waals surface area contributed by atoms with Crippen LogP contribution in [0.1, 0.15) is 31.4 Å². The van der Waals surface area contributed by atoms with Gasteiger partial charge in [-0.2, -0.15) is 5.10 Å². The summed E-state index contributed by atoms with van der Waals surface area (Å²) in [5, 5.41) is 9.04. The number of anilines is 2. The van der Waals surface area contributed by atoms with Gasteiger partial charge >= 0.3 is 11.8 Å². The summed E-state index contributed by atoms with van der Waals surface area (Å²) in [6.45, 7) is 5.58. The summed E-state index contributed by atoms with van der Waals surface area (Å²) in [5.74, 6) is -2.00. The highest BCUT2D eigenvalue weighted by atomic mass is 16.2. The SMILES string of the molecule is CCc1ccc(NC(=O)C(=O)NN=C(C)CC(=O)Nc2ccc(C)cc2)cc1. The van der Waals surface area contributed by atoms with E-state index in [9.17, 15) is 14.4 Å². The van der Waals surface area contributed by atoms with Crippen LogP contribution in [0.5, 0.6) is 0 Å². The van der Waals surface area contributed by atoms with Crippen LogP contribution < -0.4 is 16.1 Å². The molecule has 0 saturated carbocycles. The van der Waals surface area contributed by atoms with Crippen molar-refractivity contribution in [3.63, 3.8) is 0 Å². The van der Waals surface area contributed by atoms with Crippen molar-refractivity contribution < 1.29 is 14.4 Å². The van der Waals surface area contributed by atoms with Gasteiger partial charge in [-0.1, -0.05) is 36.8 Å². The monoisotopic (exact) mass is 380 g/mol. The van der Waals surface area contributed by atoms with Crippen molar-refractivity contribution >= 4 is 34.8 Å². The molecule has 0 aliphatic heterocycles. The highest BCUT2D eigenvalue weighted by Crippen LogP contribution is 2.10. The van der Waals surface area contributed by atoms with Crippen LogP contribution in [0.4, 0.5) is 11.4 Å². The Balaban J connectivity index is 1.81. The number of carbonyl (C=O) groups excluding carboxylic acids is 3. The van der Waals surface area contributed by atoms with Gasteiger partial charge in [0.1, 0.15) is 0 Å². The Kier molecular flexibility index (Phi) is 7.45. The molecule has 0 fully saturated rings. The third-order valence-corrected chi connectivity index (χ3v) is 3.93. The first kappa shape index (κ1) is 20.8. The second-order valence-electron chi connectivity index (χ2n) is 6.38. The van der Waals surface area contributed by atoms with Crippen molar-refractivity contribution in [1.29, 1.82) is 0 Å². The highest BCUT2D eigenvalue weighted by Gasteiger charge is 2.13. The molecule has 0 aliphatic carbocycles. The molecule has 146 valence electrons. The van der Waals surface area contributed by atoms with Gasteiger partial charge in [0.2, 0.25) is 5.91 Å². The van der Waals surface area contributed by atoms with Gasteiger partial charge in [-0.3, -0.25) is 14.4 Å². The molecule has 0 radical (unpaired) electrons. The number of hydrogen-bond acceptors (Lipinski definition) is 4. The van der Waals surface area contributed by atoms with Gasteiger partial charge in [0.15, 0.2) is 0 Å². The quantitative estimate of drug-likeness (QED) is 0.408. The number of aryl methyl sites for hydroxylation is 2. The van der Waals surface area contributed by atoms with Crippen molar-refractivity contribution in [2.45, 2.75) is 33.6 Å². The van der Waals surface area contributed by atoms with Gasteiger partial charge in [0.05, 0.1) is 6.42 Å². The zero-order valence-electron chi connectivity index (χ0n) is 16.2. The van der Waals surface area contributed by atoms with E-state index >= 15 is 0 Å². The molecule has 0 unspecified atom stereocenters. The first-order valence-corrected chi connectivity index (χ1v) is 8.97. The molecule has 0 aliphatic rings. The second kappa shape index (κ2) is 10.0. The molecule has 0 aromatic heterocycles. The Morgan fingerprint density at radius 2 is 1.43 bits per heavy atom. The first-order chi connectivity index (χ1) is 13.4. The lowest BCUT2D eigenvalue weighted by Gasteiger charge is -2.07. The predicted molar refractivity (Wildman–Crippen MR) is 110 cm³/mol. The number of rotatable bonds is 6. The lowest BCUT2D eigenvalue weighted by atomic mass is 10.1. The third-order valence-electron chi connectivity index (χ3n) is 3.93. The van der Waals surface area contributed by atoms with Crippen molar-refractivity contribution in [2.24, 2.45) is 5.10 Å². The zero-order valence-corrected chi connectivity index (χ0v) is 16.2. The minimum absolute atomic E-state index is 0.00570.